The molecule has 1 amide bonds. The monoisotopic (exact) mass is 380 g/mol. The molecule has 0 aromatic carbocycles. The molecule has 8 nitrogen and oxygen atoms in total. The Labute approximate surface area is 142 Å². The zero-order valence-corrected chi connectivity index (χ0v) is 13.4. The van der Waals surface area contributed by atoms with Gasteiger partial charge in [0.2, 0.25) is 0 Å². The van der Waals surface area contributed by atoms with Crippen molar-refractivity contribution in [2.45, 2.75) is 19.1 Å². The number of amides is 1. The van der Waals surface area contributed by atoms with Gasteiger partial charge in [0.15, 0.2) is 0 Å². The maximum absolute atomic E-state index is 12.3. The van der Waals surface area contributed by atoms with E-state index in [0.717, 1.165) is 11.3 Å². The van der Waals surface area contributed by atoms with Gasteiger partial charge in [0.1, 0.15) is 5.00 Å². The minimum absolute atomic E-state index is 0.260. The number of carbonyl (C=O) groups is 4. The van der Waals surface area contributed by atoms with Crippen LogP contribution in [0.5, 0.6) is 0 Å². The van der Waals surface area contributed by atoms with Crippen LogP contribution in [0.25, 0.3) is 0 Å². The van der Waals surface area contributed by atoms with E-state index in [0.29, 0.717) is 23.5 Å². The number of nitrogens with zero attached hydrogens (tertiary/aromatic N) is 1. The highest BCUT2D eigenvalue weighted by Crippen LogP contribution is 2.37. The number of nitrogens with one attached hydrogen (secondary N) is 1. The molecule has 0 aliphatic carbocycles. The van der Waals surface area contributed by atoms with Crippen LogP contribution in [0.2, 0.25) is 0 Å². The third-order valence-electron chi connectivity index (χ3n) is 3.29. The van der Waals surface area contributed by atoms with Crippen molar-refractivity contribution in [3.05, 3.63) is 16.0 Å². The van der Waals surface area contributed by atoms with Crippen molar-refractivity contribution in [2.75, 3.05) is 18.9 Å². The molecule has 1 aromatic rings. The predicted octanol–water partition coefficient (Wildman–Crippen LogP) is 1.00. The maximum Gasteiger partial charge on any atom is 0.491 e. The Morgan fingerprint density at radius 3 is 2.48 bits per heavy atom. The summed E-state index contributed by atoms with van der Waals surface area (Å²) < 4.78 is 40.7. The Kier molecular flexibility index (Phi) is 5.13. The molecule has 0 spiro atoms. The van der Waals surface area contributed by atoms with Crippen molar-refractivity contribution in [3.63, 3.8) is 0 Å². The highest BCUT2D eigenvalue weighted by atomic mass is 32.1. The molecule has 12 heteroatoms. The molecule has 2 rings (SSSR count). The number of aliphatic carboxylic acids is 1. The van der Waals surface area contributed by atoms with Gasteiger partial charge in [-0.2, -0.15) is 13.2 Å². The molecule has 0 bridgehead atoms. The lowest BCUT2D eigenvalue weighted by atomic mass is 10.0. The number of anilines is 1. The fraction of sp³-hybridized carbons (Fsp3) is 0.385. The summed E-state index contributed by atoms with van der Waals surface area (Å²) in [6.45, 7) is 0.819. The first kappa shape index (κ1) is 18.9. The lowest BCUT2D eigenvalue weighted by Crippen LogP contribution is -2.30. The zero-order chi connectivity index (χ0) is 18.9. The number of thiophene rings is 1. The van der Waals surface area contributed by atoms with Gasteiger partial charge in [0.05, 0.1) is 5.56 Å². The minimum Gasteiger partial charge on any atom is -0.474 e. The number of carbonyl (C=O) groups excluding carboxylic acids is 3. The molecule has 25 heavy (non-hydrogen) atoms. The summed E-state index contributed by atoms with van der Waals surface area (Å²) in [4.78, 5) is 47.3. The average molecular weight is 380 g/mol. The van der Waals surface area contributed by atoms with Crippen molar-refractivity contribution in [1.82, 2.24) is 4.90 Å². The molecule has 0 saturated heterocycles. The molecule has 2 heterocycles. The quantitative estimate of drug-likeness (QED) is 0.447. The van der Waals surface area contributed by atoms with Gasteiger partial charge < -0.3 is 20.1 Å². The van der Waals surface area contributed by atoms with Crippen molar-refractivity contribution < 1.29 is 42.2 Å². The second-order valence-corrected chi connectivity index (χ2v) is 6.23. The van der Waals surface area contributed by atoms with E-state index in [2.05, 4.69) is 4.74 Å². The van der Waals surface area contributed by atoms with Crippen LogP contribution >= 0.6 is 11.3 Å². The smallest absolute Gasteiger partial charge is 0.474 e. The van der Waals surface area contributed by atoms with E-state index in [1.807, 2.05) is 10.2 Å². The summed E-state index contributed by atoms with van der Waals surface area (Å²) in [5, 5.41) is 10.3. The fourth-order valence-corrected chi connectivity index (χ4v) is 3.50. The molecule has 0 saturated carbocycles. The number of alkyl halides is 3. The number of fused-ring (bicyclic) bond motifs is 1. The van der Waals surface area contributed by atoms with Crippen molar-refractivity contribution in [1.29, 1.82) is 0 Å². The summed E-state index contributed by atoms with van der Waals surface area (Å²) in [7, 11) is 1.77. The molecule has 136 valence electrons. The van der Waals surface area contributed by atoms with Gasteiger partial charge in [-0.15, -0.1) is 11.3 Å². The number of rotatable bonds is 2. The topological polar surface area (TPSA) is 113 Å². The zero-order valence-electron chi connectivity index (χ0n) is 12.6. The highest BCUT2D eigenvalue weighted by molar-refractivity contribution is 7.17. The first-order valence-corrected chi connectivity index (χ1v) is 7.53. The lowest BCUT2D eigenvalue weighted by Gasteiger charge is -2.22. The van der Waals surface area contributed by atoms with E-state index < -0.39 is 35.6 Å². The van der Waals surface area contributed by atoms with Crippen LogP contribution in [-0.4, -0.2) is 53.6 Å². The second-order valence-electron chi connectivity index (χ2n) is 5.13. The average Bonchev–Trinajstić information content (AvgIpc) is 2.82. The van der Waals surface area contributed by atoms with Gasteiger partial charge in [0.25, 0.3) is 0 Å². The van der Waals surface area contributed by atoms with Crippen molar-refractivity contribution in [3.8, 4) is 0 Å². The number of carboxylic acid groups (broad SMARTS) is 1. The third kappa shape index (κ3) is 4.14. The Morgan fingerprint density at radius 1 is 1.28 bits per heavy atom. The number of hydrogen-bond acceptors (Lipinski definition) is 7. The van der Waals surface area contributed by atoms with Gasteiger partial charge in [-0.05, 0) is 19.0 Å². The first-order valence-electron chi connectivity index (χ1n) is 6.71. The molecule has 2 N–H and O–H groups in total. The summed E-state index contributed by atoms with van der Waals surface area (Å²) >= 11 is 0.844. The standard InChI is InChI=1S/C13H11F3N2O6S/c1-18-3-2-5-6(4-18)25-9(17-8(19)10(20)21)7(5)11(22)24-12(23)13(14,15)16/h2-4H2,1H3,(H,17,19)(H,20,21). The van der Waals surface area contributed by atoms with Gasteiger partial charge >= 0.3 is 30.0 Å². The van der Waals surface area contributed by atoms with Crippen LogP contribution in [0.4, 0.5) is 18.2 Å². The van der Waals surface area contributed by atoms with E-state index in [1.54, 1.807) is 7.05 Å². The third-order valence-corrected chi connectivity index (χ3v) is 4.42. The second kappa shape index (κ2) is 6.80. The Bertz CT molecular complexity index is 758. The maximum atomic E-state index is 12.3. The van der Waals surface area contributed by atoms with Crippen LogP contribution in [0, 0.1) is 0 Å². The normalized spacial score (nSPS) is 14.6. The summed E-state index contributed by atoms with van der Waals surface area (Å²) in [6, 6.07) is 0. The minimum atomic E-state index is -5.36. The molecular formula is C13H11F3N2O6S. The molecule has 1 aliphatic heterocycles. The molecule has 0 radical (unpaired) electrons. The predicted molar refractivity (Wildman–Crippen MR) is 77.1 cm³/mol. The van der Waals surface area contributed by atoms with Crippen molar-refractivity contribution >= 4 is 40.2 Å². The molecular weight excluding hydrogens is 369 g/mol. The molecule has 1 aliphatic rings. The SMILES string of the molecule is CN1CCc2c(sc(NC(=O)C(=O)O)c2C(=O)OC(=O)C(F)(F)F)C1. The van der Waals surface area contributed by atoms with Gasteiger partial charge in [-0.25, -0.2) is 14.4 Å². The van der Waals surface area contributed by atoms with Crippen LogP contribution in [0.3, 0.4) is 0 Å². The van der Waals surface area contributed by atoms with Crippen LogP contribution in [0.15, 0.2) is 0 Å². The van der Waals surface area contributed by atoms with Crippen molar-refractivity contribution in [2.24, 2.45) is 0 Å². The number of esters is 2. The van der Waals surface area contributed by atoms with E-state index >= 15 is 0 Å². The number of ether oxygens (including phenoxy) is 1. The van der Waals surface area contributed by atoms with E-state index in [1.165, 1.54) is 0 Å². The summed E-state index contributed by atoms with van der Waals surface area (Å²) in [5.41, 5.74) is -0.107. The van der Waals surface area contributed by atoms with E-state index in [-0.39, 0.29) is 11.4 Å². The van der Waals surface area contributed by atoms with Crippen LogP contribution < -0.4 is 5.32 Å². The largest absolute Gasteiger partial charge is 0.491 e. The summed E-state index contributed by atoms with van der Waals surface area (Å²) in [5.74, 6) is -7.59. The lowest BCUT2D eigenvalue weighted by molar-refractivity contribution is -0.193. The fourth-order valence-electron chi connectivity index (χ4n) is 2.18. The Morgan fingerprint density at radius 2 is 1.92 bits per heavy atom. The summed E-state index contributed by atoms with van der Waals surface area (Å²) in [6.07, 6.45) is -5.10. The molecule has 0 fully saturated rings. The van der Waals surface area contributed by atoms with E-state index in [9.17, 15) is 32.3 Å². The first-order chi connectivity index (χ1) is 11.5. The number of halogens is 3. The Hall–Kier alpha value is -2.47. The number of hydrogen-bond donors (Lipinski definition) is 2. The molecule has 1 aromatic heterocycles. The van der Waals surface area contributed by atoms with Gasteiger partial charge in [0, 0.05) is 18.0 Å². The van der Waals surface area contributed by atoms with E-state index in [4.69, 9.17) is 5.11 Å². The number of likely N-dealkylation sites (N-methyl/N-ethyl adjacent to an activating group) is 1. The van der Waals surface area contributed by atoms with Crippen LogP contribution in [-0.2, 0) is 32.1 Å². The van der Waals surface area contributed by atoms with Gasteiger partial charge in [-0.3, -0.25) is 4.79 Å². The van der Waals surface area contributed by atoms with Gasteiger partial charge in [-0.1, -0.05) is 0 Å². The molecule has 0 unspecified atom stereocenters. The Balaban J connectivity index is 2.40. The molecule has 0 atom stereocenters. The number of carboxylic acids is 1. The highest BCUT2D eigenvalue weighted by Gasteiger charge is 2.43. The van der Waals surface area contributed by atoms with Crippen LogP contribution in [0.1, 0.15) is 20.8 Å².